The molecular formula is C27H31N9OS. The number of imidazole rings is 1. The van der Waals surface area contributed by atoms with E-state index in [9.17, 15) is 4.79 Å². The number of aromatic amines is 1. The van der Waals surface area contributed by atoms with Crippen molar-refractivity contribution in [2.45, 2.75) is 33.4 Å². The maximum atomic E-state index is 13.3. The molecule has 1 unspecified atom stereocenters. The number of nitrogens with zero attached hydrogens (tertiary/aromatic N) is 6. The Hall–Kier alpha value is -4.09. The fraction of sp³-hybridized carbons (Fsp3) is 0.296. The Morgan fingerprint density at radius 3 is 2.79 bits per heavy atom. The molecule has 1 atom stereocenters. The number of pyridine rings is 1. The molecule has 5 aromatic rings. The van der Waals surface area contributed by atoms with Crippen LogP contribution in [0.5, 0.6) is 0 Å². The van der Waals surface area contributed by atoms with E-state index in [-0.39, 0.29) is 11.9 Å². The number of nitrogens with one attached hydrogen (secondary N) is 3. The standard InChI is InChI=1S/C27H31N9OS/c1-4-35(5-2)18(3)15-31-27(37)19-13-22(33-24(14-19)30-17-25-28-9-10-29-25)20-16-32-36-11-8-21(34-26(20)36)23-7-6-12-38-23/h6-14,16,18H,4-5,15,17H2,1-3H3,(H,28,29)(H,30,33)(H,31,37). The largest absolute Gasteiger partial charge is 0.363 e. The van der Waals surface area contributed by atoms with Gasteiger partial charge in [0, 0.05) is 36.7 Å². The first-order chi connectivity index (χ1) is 18.6. The number of H-pyrrole nitrogens is 1. The molecule has 0 saturated heterocycles. The molecule has 5 heterocycles. The third-order valence-electron chi connectivity index (χ3n) is 6.49. The Bertz CT molecular complexity index is 1490. The summed E-state index contributed by atoms with van der Waals surface area (Å²) in [5.41, 5.74) is 3.41. The number of thiophene rings is 1. The third-order valence-corrected chi connectivity index (χ3v) is 7.38. The van der Waals surface area contributed by atoms with E-state index in [4.69, 9.17) is 9.97 Å². The number of carbonyl (C=O) groups excluding carboxylic acids is 1. The van der Waals surface area contributed by atoms with E-state index < -0.39 is 0 Å². The van der Waals surface area contributed by atoms with Crippen LogP contribution in [-0.2, 0) is 6.54 Å². The van der Waals surface area contributed by atoms with E-state index in [0.29, 0.717) is 35.8 Å². The molecule has 0 saturated carbocycles. The van der Waals surface area contributed by atoms with E-state index in [0.717, 1.165) is 35.0 Å². The molecule has 0 spiro atoms. The number of fused-ring (bicyclic) bond motifs is 1. The summed E-state index contributed by atoms with van der Waals surface area (Å²) in [6, 6.07) is 9.78. The molecular weight excluding hydrogens is 498 g/mol. The first-order valence-electron chi connectivity index (χ1n) is 12.7. The van der Waals surface area contributed by atoms with Gasteiger partial charge in [0.2, 0.25) is 0 Å². The van der Waals surface area contributed by atoms with Crippen LogP contribution in [-0.4, -0.2) is 66.0 Å². The number of likely N-dealkylation sites (N-methyl/N-ethyl adjacent to an activating group) is 1. The lowest BCUT2D eigenvalue weighted by Gasteiger charge is -2.26. The van der Waals surface area contributed by atoms with Crippen molar-refractivity contribution in [3.05, 3.63) is 71.9 Å². The van der Waals surface area contributed by atoms with Gasteiger partial charge in [-0.05, 0) is 49.7 Å². The van der Waals surface area contributed by atoms with Gasteiger partial charge in [0.1, 0.15) is 11.6 Å². The summed E-state index contributed by atoms with van der Waals surface area (Å²) in [7, 11) is 0. The van der Waals surface area contributed by atoms with Gasteiger partial charge in [-0.3, -0.25) is 9.69 Å². The Morgan fingerprint density at radius 2 is 2.05 bits per heavy atom. The molecule has 5 aromatic heterocycles. The summed E-state index contributed by atoms with van der Waals surface area (Å²) in [6.07, 6.45) is 7.10. The highest BCUT2D eigenvalue weighted by Crippen LogP contribution is 2.28. The molecule has 0 aliphatic carbocycles. The number of anilines is 1. The zero-order chi connectivity index (χ0) is 26.5. The van der Waals surface area contributed by atoms with Crippen LogP contribution in [0, 0.1) is 0 Å². The fourth-order valence-electron chi connectivity index (χ4n) is 4.39. The molecule has 10 nitrogen and oxygen atoms in total. The van der Waals surface area contributed by atoms with Gasteiger partial charge >= 0.3 is 0 Å². The van der Waals surface area contributed by atoms with Crippen LogP contribution >= 0.6 is 11.3 Å². The lowest BCUT2D eigenvalue weighted by atomic mass is 10.1. The zero-order valence-electron chi connectivity index (χ0n) is 21.7. The molecule has 0 radical (unpaired) electrons. The van der Waals surface area contributed by atoms with Crippen LogP contribution in [0.25, 0.3) is 27.5 Å². The number of hydrogen-bond donors (Lipinski definition) is 3. The van der Waals surface area contributed by atoms with E-state index in [1.54, 1.807) is 46.6 Å². The van der Waals surface area contributed by atoms with Crippen LogP contribution < -0.4 is 10.6 Å². The van der Waals surface area contributed by atoms with Gasteiger partial charge in [0.05, 0.1) is 34.6 Å². The number of aromatic nitrogens is 6. The van der Waals surface area contributed by atoms with Crippen molar-refractivity contribution in [1.82, 2.24) is 39.8 Å². The quantitative estimate of drug-likeness (QED) is 0.233. The van der Waals surface area contributed by atoms with Crippen molar-refractivity contribution in [3.63, 3.8) is 0 Å². The summed E-state index contributed by atoms with van der Waals surface area (Å²) in [5.74, 6) is 1.18. The monoisotopic (exact) mass is 529 g/mol. The van der Waals surface area contributed by atoms with E-state index in [2.05, 4.69) is 51.4 Å². The van der Waals surface area contributed by atoms with Crippen LogP contribution in [0.15, 0.2) is 60.5 Å². The molecule has 0 aromatic carbocycles. The van der Waals surface area contributed by atoms with Crippen molar-refractivity contribution in [2.75, 3.05) is 25.0 Å². The highest BCUT2D eigenvalue weighted by molar-refractivity contribution is 7.13. The van der Waals surface area contributed by atoms with Crippen molar-refractivity contribution in [2.24, 2.45) is 0 Å². The smallest absolute Gasteiger partial charge is 0.251 e. The predicted molar refractivity (Wildman–Crippen MR) is 150 cm³/mol. The normalized spacial score (nSPS) is 12.2. The number of carbonyl (C=O) groups is 1. The Balaban J connectivity index is 1.48. The van der Waals surface area contributed by atoms with Crippen molar-refractivity contribution in [3.8, 4) is 21.8 Å². The zero-order valence-corrected chi connectivity index (χ0v) is 22.5. The molecule has 38 heavy (non-hydrogen) atoms. The van der Waals surface area contributed by atoms with Gasteiger partial charge in [0.15, 0.2) is 5.65 Å². The first-order valence-corrected chi connectivity index (χ1v) is 13.6. The van der Waals surface area contributed by atoms with Gasteiger partial charge in [-0.1, -0.05) is 19.9 Å². The number of amides is 1. The van der Waals surface area contributed by atoms with Crippen molar-refractivity contribution < 1.29 is 4.79 Å². The lowest BCUT2D eigenvalue weighted by Crippen LogP contribution is -2.42. The second-order valence-electron chi connectivity index (χ2n) is 8.91. The van der Waals surface area contributed by atoms with Gasteiger partial charge in [-0.25, -0.2) is 19.5 Å². The average Bonchev–Trinajstić information content (AvgIpc) is 3.73. The van der Waals surface area contributed by atoms with E-state index in [1.165, 1.54) is 0 Å². The maximum Gasteiger partial charge on any atom is 0.251 e. The van der Waals surface area contributed by atoms with Crippen LogP contribution in [0.1, 0.15) is 37.0 Å². The molecule has 3 N–H and O–H groups in total. The summed E-state index contributed by atoms with van der Waals surface area (Å²) < 4.78 is 1.72. The minimum atomic E-state index is -0.155. The molecule has 0 aliphatic heterocycles. The Labute approximate surface area is 225 Å². The van der Waals surface area contributed by atoms with Crippen LogP contribution in [0.3, 0.4) is 0 Å². The first kappa shape index (κ1) is 25.6. The highest BCUT2D eigenvalue weighted by Gasteiger charge is 2.18. The Morgan fingerprint density at radius 1 is 1.18 bits per heavy atom. The van der Waals surface area contributed by atoms with Crippen molar-refractivity contribution in [1.29, 1.82) is 0 Å². The summed E-state index contributed by atoms with van der Waals surface area (Å²) in [5, 5.41) is 12.9. The summed E-state index contributed by atoms with van der Waals surface area (Å²) in [6.45, 7) is 9.24. The number of hydrogen-bond acceptors (Lipinski definition) is 8. The second kappa shape index (κ2) is 11.5. The molecule has 196 valence electrons. The van der Waals surface area contributed by atoms with Gasteiger partial charge in [0.25, 0.3) is 5.91 Å². The Kier molecular flexibility index (Phi) is 7.75. The molecule has 5 rings (SSSR count). The predicted octanol–water partition coefficient (Wildman–Crippen LogP) is 4.32. The summed E-state index contributed by atoms with van der Waals surface area (Å²) >= 11 is 1.63. The van der Waals surface area contributed by atoms with Crippen LogP contribution in [0.4, 0.5) is 5.82 Å². The SMILES string of the molecule is CCN(CC)C(C)CNC(=O)c1cc(NCc2ncc[nH]2)nc(-c2cnn3ccc(-c4cccs4)nc23)c1. The minimum Gasteiger partial charge on any atom is -0.363 e. The average molecular weight is 530 g/mol. The maximum absolute atomic E-state index is 13.3. The van der Waals surface area contributed by atoms with E-state index >= 15 is 0 Å². The van der Waals surface area contributed by atoms with E-state index in [1.807, 2.05) is 29.8 Å². The molecule has 0 bridgehead atoms. The summed E-state index contributed by atoms with van der Waals surface area (Å²) in [4.78, 5) is 33.7. The fourth-order valence-corrected chi connectivity index (χ4v) is 5.08. The number of rotatable bonds is 11. The molecule has 1 amide bonds. The van der Waals surface area contributed by atoms with Gasteiger partial charge in [-0.15, -0.1) is 11.3 Å². The van der Waals surface area contributed by atoms with Crippen LogP contribution in [0.2, 0.25) is 0 Å². The molecule has 11 heteroatoms. The molecule has 0 fully saturated rings. The third kappa shape index (κ3) is 5.58. The lowest BCUT2D eigenvalue weighted by molar-refractivity contribution is 0.0938. The minimum absolute atomic E-state index is 0.155. The van der Waals surface area contributed by atoms with Gasteiger partial charge < -0.3 is 15.6 Å². The van der Waals surface area contributed by atoms with Crippen molar-refractivity contribution >= 4 is 28.7 Å². The molecule has 0 aliphatic rings. The van der Waals surface area contributed by atoms with Gasteiger partial charge in [-0.2, -0.15) is 5.10 Å². The topological polar surface area (TPSA) is 116 Å². The second-order valence-corrected chi connectivity index (χ2v) is 9.86. The highest BCUT2D eigenvalue weighted by atomic mass is 32.1.